The fraction of sp³-hybridized carbons (Fsp3) is 0.350. The van der Waals surface area contributed by atoms with Crippen molar-refractivity contribution in [3.63, 3.8) is 0 Å². The zero-order chi connectivity index (χ0) is 17.1. The van der Waals surface area contributed by atoms with E-state index in [1.807, 2.05) is 0 Å². The van der Waals surface area contributed by atoms with Gasteiger partial charge in [-0.25, -0.2) is 4.98 Å². The van der Waals surface area contributed by atoms with Crippen LogP contribution < -0.4 is 5.32 Å². The number of hydrogen-bond acceptors (Lipinski definition) is 3. The second-order valence-corrected chi connectivity index (χ2v) is 7.25. The summed E-state index contributed by atoms with van der Waals surface area (Å²) in [4.78, 5) is 6.17. The molecular formula is C20H25N3S. The third-order valence-electron chi connectivity index (χ3n) is 4.30. The third kappa shape index (κ3) is 3.50. The molecule has 0 saturated heterocycles. The molecule has 0 spiro atoms. The summed E-state index contributed by atoms with van der Waals surface area (Å²) in [5, 5.41) is 3.62. The van der Waals surface area contributed by atoms with Gasteiger partial charge in [-0.15, -0.1) is 11.8 Å². The highest BCUT2D eigenvalue weighted by molar-refractivity contribution is 7.98. The number of nitrogens with one attached hydrogen (secondary N) is 1. The van der Waals surface area contributed by atoms with Crippen LogP contribution in [0.5, 0.6) is 0 Å². The van der Waals surface area contributed by atoms with Gasteiger partial charge >= 0.3 is 0 Å². The largest absolute Gasteiger partial charge is 0.324 e. The molecule has 1 heterocycles. The number of imidazole rings is 1. The van der Waals surface area contributed by atoms with Crippen LogP contribution in [-0.2, 0) is 6.54 Å². The van der Waals surface area contributed by atoms with Gasteiger partial charge < -0.3 is 9.88 Å². The molecule has 1 aromatic heterocycles. The van der Waals surface area contributed by atoms with Gasteiger partial charge in [-0.05, 0) is 56.9 Å². The smallest absolute Gasteiger partial charge is 0.127 e. The van der Waals surface area contributed by atoms with Gasteiger partial charge in [0.05, 0.1) is 17.1 Å². The van der Waals surface area contributed by atoms with E-state index in [2.05, 4.69) is 85.4 Å². The van der Waals surface area contributed by atoms with Crippen LogP contribution in [0.3, 0.4) is 0 Å². The van der Waals surface area contributed by atoms with Gasteiger partial charge in [0.25, 0.3) is 0 Å². The van der Waals surface area contributed by atoms with Crippen molar-refractivity contribution in [2.45, 2.75) is 44.3 Å². The van der Waals surface area contributed by atoms with Crippen LogP contribution in [0, 0.1) is 0 Å². The molecule has 0 aliphatic heterocycles. The predicted molar refractivity (Wildman–Crippen MR) is 104 cm³/mol. The summed E-state index contributed by atoms with van der Waals surface area (Å²) in [6.45, 7) is 7.46. The van der Waals surface area contributed by atoms with Crippen LogP contribution in [0.4, 0.5) is 0 Å². The van der Waals surface area contributed by atoms with Crippen LogP contribution in [0.2, 0.25) is 0 Å². The number of aromatic nitrogens is 2. The standard InChI is InChI=1S/C20H25N3S/c1-14(2)23-19-8-6-5-7-18(19)22-20(23)15(3)21-13-16-9-11-17(24-4)12-10-16/h5-12,14-15,21H,13H2,1-4H3/t15-/m1/s1. The van der Waals surface area contributed by atoms with E-state index < -0.39 is 0 Å². The lowest BCUT2D eigenvalue weighted by molar-refractivity contribution is 0.491. The summed E-state index contributed by atoms with van der Waals surface area (Å²) in [6.07, 6.45) is 2.10. The summed E-state index contributed by atoms with van der Waals surface area (Å²) in [7, 11) is 0. The molecule has 0 aliphatic rings. The van der Waals surface area contributed by atoms with Crippen molar-refractivity contribution in [3.05, 3.63) is 59.9 Å². The summed E-state index contributed by atoms with van der Waals surface area (Å²) >= 11 is 1.77. The Morgan fingerprint density at radius 1 is 1.04 bits per heavy atom. The minimum absolute atomic E-state index is 0.194. The molecule has 2 aromatic carbocycles. The molecule has 3 nitrogen and oxygen atoms in total. The summed E-state index contributed by atoms with van der Waals surface area (Å²) in [5.41, 5.74) is 3.58. The molecule has 0 amide bonds. The minimum Gasteiger partial charge on any atom is -0.324 e. The summed E-state index contributed by atoms with van der Waals surface area (Å²) < 4.78 is 2.34. The first kappa shape index (κ1) is 17.1. The Labute approximate surface area is 148 Å². The molecule has 0 aliphatic carbocycles. The lowest BCUT2D eigenvalue weighted by Crippen LogP contribution is -2.22. The molecule has 1 atom stereocenters. The Balaban J connectivity index is 1.80. The van der Waals surface area contributed by atoms with Crippen molar-refractivity contribution in [2.75, 3.05) is 6.26 Å². The fourth-order valence-electron chi connectivity index (χ4n) is 3.02. The van der Waals surface area contributed by atoms with E-state index in [1.165, 1.54) is 16.0 Å². The highest BCUT2D eigenvalue weighted by Crippen LogP contribution is 2.25. The SMILES string of the molecule is CSc1ccc(CN[C@H](C)c2nc3ccccc3n2C(C)C)cc1. The Bertz CT molecular complexity index is 805. The zero-order valence-electron chi connectivity index (χ0n) is 14.8. The van der Waals surface area contributed by atoms with Crippen molar-refractivity contribution in [2.24, 2.45) is 0 Å². The Morgan fingerprint density at radius 3 is 2.42 bits per heavy atom. The first-order valence-corrected chi connectivity index (χ1v) is 9.65. The van der Waals surface area contributed by atoms with Crippen LogP contribution >= 0.6 is 11.8 Å². The van der Waals surface area contributed by atoms with Crippen LogP contribution in [-0.4, -0.2) is 15.8 Å². The zero-order valence-corrected chi connectivity index (χ0v) is 15.6. The monoisotopic (exact) mass is 339 g/mol. The maximum absolute atomic E-state index is 4.87. The first-order valence-electron chi connectivity index (χ1n) is 8.43. The normalized spacial score (nSPS) is 12.9. The number of para-hydroxylation sites is 2. The van der Waals surface area contributed by atoms with Crippen LogP contribution in [0.25, 0.3) is 11.0 Å². The predicted octanol–water partition coefficient (Wildman–Crippen LogP) is 5.19. The van der Waals surface area contributed by atoms with Gasteiger partial charge in [-0.3, -0.25) is 0 Å². The topological polar surface area (TPSA) is 29.9 Å². The number of thioether (sulfide) groups is 1. The lowest BCUT2D eigenvalue weighted by Gasteiger charge is -2.19. The molecular weight excluding hydrogens is 314 g/mol. The van der Waals surface area contributed by atoms with E-state index in [4.69, 9.17) is 4.98 Å². The van der Waals surface area contributed by atoms with E-state index in [0.717, 1.165) is 17.9 Å². The number of fused-ring (bicyclic) bond motifs is 1. The molecule has 1 N–H and O–H groups in total. The minimum atomic E-state index is 0.194. The van der Waals surface area contributed by atoms with Crippen LogP contribution in [0.1, 0.15) is 44.2 Å². The molecule has 3 rings (SSSR count). The average Bonchev–Trinajstić information content (AvgIpc) is 3.00. The molecule has 0 unspecified atom stereocenters. The summed E-state index contributed by atoms with van der Waals surface area (Å²) in [5.74, 6) is 1.10. The van der Waals surface area contributed by atoms with E-state index in [-0.39, 0.29) is 6.04 Å². The Kier molecular flexibility index (Phi) is 5.27. The van der Waals surface area contributed by atoms with E-state index in [9.17, 15) is 0 Å². The quantitative estimate of drug-likeness (QED) is 0.627. The van der Waals surface area contributed by atoms with Gasteiger partial charge in [0.1, 0.15) is 5.82 Å². The van der Waals surface area contributed by atoms with E-state index >= 15 is 0 Å². The Hall–Kier alpha value is -1.78. The van der Waals surface area contributed by atoms with E-state index in [0.29, 0.717) is 6.04 Å². The maximum Gasteiger partial charge on any atom is 0.127 e. The average molecular weight is 340 g/mol. The Morgan fingerprint density at radius 2 is 1.75 bits per heavy atom. The number of rotatable bonds is 6. The van der Waals surface area contributed by atoms with Crippen molar-refractivity contribution < 1.29 is 0 Å². The van der Waals surface area contributed by atoms with E-state index in [1.54, 1.807) is 11.8 Å². The van der Waals surface area contributed by atoms with Gasteiger partial charge in [0.2, 0.25) is 0 Å². The van der Waals surface area contributed by atoms with Gasteiger partial charge in [-0.1, -0.05) is 24.3 Å². The second kappa shape index (κ2) is 7.41. The molecule has 0 radical (unpaired) electrons. The van der Waals surface area contributed by atoms with Gasteiger partial charge in [-0.2, -0.15) is 0 Å². The van der Waals surface area contributed by atoms with Crippen molar-refractivity contribution in [3.8, 4) is 0 Å². The lowest BCUT2D eigenvalue weighted by atomic mass is 10.2. The highest BCUT2D eigenvalue weighted by Gasteiger charge is 2.17. The number of hydrogen-bond donors (Lipinski definition) is 1. The highest BCUT2D eigenvalue weighted by atomic mass is 32.2. The van der Waals surface area contributed by atoms with Crippen molar-refractivity contribution in [1.82, 2.24) is 14.9 Å². The second-order valence-electron chi connectivity index (χ2n) is 6.37. The summed E-state index contributed by atoms with van der Waals surface area (Å²) in [6, 6.07) is 17.7. The third-order valence-corrected chi connectivity index (χ3v) is 5.04. The molecule has 0 fully saturated rings. The first-order chi connectivity index (χ1) is 11.6. The molecule has 0 bridgehead atoms. The molecule has 0 saturated carbocycles. The van der Waals surface area contributed by atoms with Crippen molar-refractivity contribution in [1.29, 1.82) is 0 Å². The van der Waals surface area contributed by atoms with Gasteiger partial charge in [0.15, 0.2) is 0 Å². The van der Waals surface area contributed by atoms with Crippen molar-refractivity contribution >= 4 is 22.8 Å². The molecule has 126 valence electrons. The maximum atomic E-state index is 4.87. The number of benzene rings is 2. The molecule has 3 aromatic rings. The molecule has 4 heteroatoms. The molecule has 24 heavy (non-hydrogen) atoms. The van der Waals surface area contributed by atoms with Crippen LogP contribution in [0.15, 0.2) is 53.4 Å². The fourth-order valence-corrected chi connectivity index (χ4v) is 3.43. The van der Waals surface area contributed by atoms with Gasteiger partial charge in [0, 0.05) is 17.5 Å². The number of nitrogens with zero attached hydrogens (tertiary/aromatic N) is 2.